The third-order valence-electron chi connectivity index (χ3n) is 4.62. The summed E-state index contributed by atoms with van der Waals surface area (Å²) in [5.74, 6) is 1.84. The van der Waals surface area contributed by atoms with Gasteiger partial charge in [0.25, 0.3) is 0 Å². The molecule has 0 saturated carbocycles. The zero-order valence-corrected chi connectivity index (χ0v) is 14.5. The summed E-state index contributed by atoms with van der Waals surface area (Å²) < 4.78 is 12.3. The zero-order chi connectivity index (χ0) is 16.4. The molecule has 24 heavy (non-hydrogen) atoms. The number of nitrogens with one attached hydrogen (secondary N) is 1. The third kappa shape index (κ3) is 3.22. The normalized spacial score (nSPS) is 17.4. The number of benzene rings is 1. The first-order valence-corrected chi connectivity index (χ1v) is 9.25. The van der Waals surface area contributed by atoms with E-state index in [9.17, 15) is 0 Å². The number of hydrogen-bond donors (Lipinski definition) is 1. The molecule has 4 rings (SSSR count). The van der Waals surface area contributed by atoms with Crippen molar-refractivity contribution in [2.75, 3.05) is 13.2 Å². The summed E-state index contributed by atoms with van der Waals surface area (Å²) in [5.41, 5.74) is 1.32. The number of nitrogens with zero attached hydrogens (tertiary/aromatic N) is 2. The van der Waals surface area contributed by atoms with E-state index in [4.69, 9.17) is 9.26 Å². The average molecular weight is 343 g/mol. The van der Waals surface area contributed by atoms with Crippen molar-refractivity contribution in [2.24, 2.45) is 5.92 Å². The molecule has 126 valence electrons. The van der Waals surface area contributed by atoms with E-state index in [1.54, 1.807) is 11.3 Å². The number of hydrogen-bond acceptors (Lipinski definition) is 6. The quantitative estimate of drug-likeness (QED) is 0.762. The van der Waals surface area contributed by atoms with Gasteiger partial charge >= 0.3 is 0 Å². The van der Waals surface area contributed by atoms with Crippen LogP contribution >= 0.6 is 11.3 Å². The molecule has 0 radical (unpaired) electrons. The van der Waals surface area contributed by atoms with Crippen LogP contribution in [0.4, 0.5) is 0 Å². The second-order valence-corrected chi connectivity index (χ2v) is 7.16. The molecular formula is C18H21N3O2S. The highest BCUT2D eigenvalue weighted by atomic mass is 32.1. The van der Waals surface area contributed by atoms with Gasteiger partial charge in [0.05, 0.1) is 6.04 Å². The summed E-state index contributed by atoms with van der Waals surface area (Å²) in [5, 5.41) is 11.2. The van der Waals surface area contributed by atoms with Gasteiger partial charge in [0.2, 0.25) is 5.89 Å². The largest absolute Gasteiger partial charge is 0.381 e. The fourth-order valence-corrected chi connectivity index (χ4v) is 4.30. The first-order chi connectivity index (χ1) is 11.8. The number of ether oxygens (including phenoxy) is 1. The lowest BCUT2D eigenvalue weighted by Crippen LogP contribution is -2.32. The number of fused-ring (bicyclic) bond motifs is 1. The van der Waals surface area contributed by atoms with Crippen molar-refractivity contribution in [3.05, 3.63) is 46.9 Å². The first-order valence-electron chi connectivity index (χ1n) is 8.38. The van der Waals surface area contributed by atoms with Gasteiger partial charge < -0.3 is 14.6 Å². The Bertz CT molecular complexity index is 807. The van der Waals surface area contributed by atoms with Crippen molar-refractivity contribution in [3.8, 4) is 0 Å². The maximum atomic E-state index is 5.51. The summed E-state index contributed by atoms with van der Waals surface area (Å²) in [6.45, 7) is 4.27. The predicted octanol–water partition coefficient (Wildman–Crippen LogP) is 3.85. The third-order valence-corrected chi connectivity index (χ3v) is 5.63. The van der Waals surface area contributed by atoms with Crippen molar-refractivity contribution < 1.29 is 9.26 Å². The highest BCUT2D eigenvalue weighted by Gasteiger charge is 2.29. The van der Waals surface area contributed by atoms with Crippen LogP contribution in [0.15, 0.2) is 34.2 Å². The molecule has 0 bridgehead atoms. The van der Waals surface area contributed by atoms with E-state index in [2.05, 4.69) is 45.1 Å². The average Bonchev–Trinajstić information content (AvgIpc) is 3.23. The van der Waals surface area contributed by atoms with E-state index in [1.807, 2.05) is 6.92 Å². The van der Waals surface area contributed by atoms with Crippen LogP contribution in [0.2, 0.25) is 0 Å². The minimum absolute atomic E-state index is 0.0776. The van der Waals surface area contributed by atoms with Gasteiger partial charge in [0.1, 0.15) is 0 Å². The fourth-order valence-electron chi connectivity index (χ4n) is 3.33. The fraction of sp³-hybridized carbons (Fsp3) is 0.444. The van der Waals surface area contributed by atoms with Crippen LogP contribution in [0.1, 0.15) is 36.2 Å². The molecule has 5 nitrogen and oxygen atoms in total. The SMILES string of the molecule is Cc1noc([C@H](NCc2csc3ccccc23)C2CCOCC2)n1. The summed E-state index contributed by atoms with van der Waals surface area (Å²) in [4.78, 5) is 4.47. The van der Waals surface area contributed by atoms with E-state index in [-0.39, 0.29) is 6.04 Å². The lowest BCUT2D eigenvalue weighted by atomic mass is 9.91. The lowest BCUT2D eigenvalue weighted by Gasteiger charge is -2.28. The second kappa shape index (κ2) is 7.01. The smallest absolute Gasteiger partial charge is 0.244 e. The van der Waals surface area contributed by atoms with Crippen molar-refractivity contribution in [3.63, 3.8) is 0 Å². The van der Waals surface area contributed by atoms with Crippen LogP contribution in [-0.2, 0) is 11.3 Å². The van der Waals surface area contributed by atoms with Gasteiger partial charge in [-0.2, -0.15) is 4.98 Å². The Morgan fingerprint density at radius 1 is 1.29 bits per heavy atom. The molecular weight excluding hydrogens is 322 g/mol. The van der Waals surface area contributed by atoms with Gasteiger partial charge in [0, 0.05) is 24.5 Å². The standard InChI is InChI=1S/C18H21N3O2S/c1-12-20-18(23-21-12)17(13-6-8-22-9-7-13)19-10-14-11-24-16-5-3-2-4-15(14)16/h2-5,11,13,17,19H,6-10H2,1H3/t17-/m1/s1. The Balaban J connectivity index is 1.55. The topological polar surface area (TPSA) is 60.2 Å². The van der Waals surface area contributed by atoms with Gasteiger partial charge in [-0.15, -0.1) is 11.3 Å². The maximum absolute atomic E-state index is 5.51. The Labute approximate surface area is 145 Å². The van der Waals surface area contributed by atoms with Crippen LogP contribution in [0, 0.1) is 12.8 Å². The molecule has 3 aromatic rings. The van der Waals surface area contributed by atoms with Crippen LogP contribution < -0.4 is 5.32 Å². The molecule has 1 aliphatic heterocycles. The van der Waals surface area contributed by atoms with E-state index >= 15 is 0 Å². The minimum atomic E-state index is 0.0776. The number of aromatic nitrogens is 2. The minimum Gasteiger partial charge on any atom is -0.381 e. The van der Waals surface area contributed by atoms with Crippen molar-refractivity contribution in [1.82, 2.24) is 15.5 Å². The summed E-state index contributed by atoms with van der Waals surface area (Å²) >= 11 is 1.79. The van der Waals surface area contributed by atoms with Gasteiger partial charge in [-0.3, -0.25) is 0 Å². The molecule has 6 heteroatoms. The molecule has 1 N–H and O–H groups in total. The monoisotopic (exact) mass is 343 g/mol. The molecule has 0 aliphatic carbocycles. The molecule has 1 aliphatic rings. The Kier molecular flexibility index (Phi) is 4.60. The summed E-state index contributed by atoms with van der Waals surface area (Å²) in [6.07, 6.45) is 2.03. The Hall–Kier alpha value is -1.76. The molecule has 2 aromatic heterocycles. The van der Waals surface area contributed by atoms with Crippen molar-refractivity contribution >= 4 is 21.4 Å². The van der Waals surface area contributed by atoms with Gasteiger partial charge in [-0.05, 0) is 48.1 Å². The molecule has 1 fully saturated rings. The maximum Gasteiger partial charge on any atom is 0.244 e. The molecule has 1 aromatic carbocycles. The van der Waals surface area contributed by atoms with Crippen LogP contribution in [0.5, 0.6) is 0 Å². The highest BCUT2D eigenvalue weighted by molar-refractivity contribution is 7.17. The van der Waals surface area contributed by atoms with E-state index in [0.29, 0.717) is 17.6 Å². The van der Waals surface area contributed by atoms with Gasteiger partial charge in [-0.1, -0.05) is 23.4 Å². The summed E-state index contributed by atoms with van der Waals surface area (Å²) in [7, 11) is 0. The van der Waals surface area contributed by atoms with Crippen molar-refractivity contribution in [1.29, 1.82) is 0 Å². The van der Waals surface area contributed by atoms with E-state index in [1.165, 1.54) is 15.6 Å². The number of thiophene rings is 1. The van der Waals surface area contributed by atoms with Crippen molar-refractivity contribution in [2.45, 2.75) is 32.4 Å². The molecule has 3 heterocycles. The van der Waals surface area contributed by atoms with Crippen LogP contribution in [0.25, 0.3) is 10.1 Å². The molecule has 1 saturated heterocycles. The van der Waals surface area contributed by atoms with E-state index < -0.39 is 0 Å². The lowest BCUT2D eigenvalue weighted by molar-refractivity contribution is 0.0486. The van der Waals surface area contributed by atoms with Crippen LogP contribution in [0.3, 0.4) is 0 Å². The van der Waals surface area contributed by atoms with E-state index in [0.717, 1.165) is 32.6 Å². The van der Waals surface area contributed by atoms with Gasteiger partial charge in [0.15, 0.2) is 5.82 Å². The Morgan fingerprint density at radius 3 is 2.92 bits per heavy atom. The van der Waals surface area contributed by atoms with Gasteiger partial charge in [-0.25, -0.2) is 0 Å². The molecule has 1 atom stereocenters. The molecule has 0 unspecified atom stereocenters. The molecule has 0 spiro atoms. The molecule has 0 amide bonds. The first kappa shape index (κ1) is 15.7. The zero-order valence-electron chi connectivity index (χ0n) is 13.7. The highest BCUT2D eigenvalue weighted by Crippen LogP contribution is 2.31. The predicted molar refractivity (Wildman–Crippen MR) is 94.0 cm³/mol. The van der Waals surface area contributed by atoms with Crippen LogP contribution in [-0.4, -0.2) is 23.4 Å². The second-order valence-electron chi connectivity index (χ2n) is 6.25. The number of rotatable bonds is 5. The Morgan fingerprint density at radius 2 is 2.12 bits per heavy atom. The summed E-state index contributed by atoms with van der Waals surface area (Å²) in [6, 6.07) is 8.61. The number of aryl methyl sites for hydroxylation is 1.